The number of hydrogen-bond donors (Lipinski definition) is 0. The van der Waals surface area contributed by atoms with Crippen molar-refractivity contribution in [1.29, 1.82) is 0 Å². The lowest BCUT2D eigenvalue weighted by molar-refractivity contribution is -0.143. The first-order valence-corrected chi connectivity index (χ1v) is 10.4. The number of rotatable bonds is 6. The van der Waals surface area contributed by atoms with Crippen LogP contribution in [0.2, 0.25) is 0 Å². The Morgan fingerprint density at radius 2 is 1.57 bits per heavy atom. The first-order valence-electron chi connectivity index (χ1n) is 10.4. The molecule has 0 radical (unpaired) electrons. The Labute approximate surface area is 193 Å². The van der Waals surface area contributed by atoms with Crippen molar-refractivity contribution in [2.45, 2.75) is 38.2 Å². The van der Waals surface area contributed by atoms with Gasteiger partial charge >= 0.3 is 12.4 Å². The van der Waals surface area contributed by atoms with Crippen LogP contribution in [0.3, 0.4) is 0 Å². The molecular weight excluding hydrogens is 484 g/mol. The van der Waals surface area contributed by atoms with E-state index < -0.39 is 35.1 Å². The fraction of sp³-hybridized carbons (Fsp3) is 0.261. The van der Waals surface area contributed by atoms with Gasteiger partial charge in [-0.15, -0.1) is 0 Å². The van der Waals surface area contributed by atoms with Gasteiger partial charge in [0.25, 0.3) is 0 Å². The second-order valence-corrected chi connectivity index (χ2v) is 7.78. The predicted octanol–water partition coefficient (Wildman–Crippen LogP) is 6.78. The molecule has 12 heteroatoms. The smallest absolute Gasteiger partial charge is 0.270 e. The van der Waals surface area contributed by atoms with Crippen molar-refractivity contribution in [1.82, 2.24) is 19.7 Å². The van der Waals surface area contributed by atoms with Gasteiger partial charge in [0.2, 0.25) is 0 Å². The van der Waals surface area contributed by atoms with Crippen molar-refractivity contribution in [3.63, 3.8) is 0 Å². The topological polar surface area (TPSA) is 43.6 Å². The molecule has 0 bridgehead atoms. The van der Waals surface area contributed by atoms with Crippen molar-refractivity contribution in [3.8, 4) is 22.8 Å². The van der Waals surface area contributed by atoms with E-state index in [1.165, 1.54) is 29.2 Å². The van der Waals surface area contributed by atoms with E-state index in [4.69, 9.17) is 0 Å². The highest BCUT2D eigenvalue weighted by atomic mass is 19.4. The van der Waals surface area contributed by atoms with Crippen LogP contribution in [-0.4, -0.2) is 19.7 Å². The number of alkyl halides is 6. The SMILES string of the molecule is Fc1cccc(-c2nc3cnn(CCCCc4ccc(C(F)(F)F)cc4C(F)(F)F)cc-3n2)c1F. The van der Waals surface area contributed by atoms with E-state index in [0.717, 1.165) is 12.1 Å². The van der Waals surface area contributed by atoms with Crippen LogP contribution in [0.25, 0.3) is 22.8 Å². The van der Waals surface area contributed by atoms with E-state index in [1.807, 2.05) is 0 Å². The average Bonchev–Trinajstić information content (AvgIpc) is 3.20. The van der Waals surface area contributed by atoms with Gasteiger partial charge in [-0.3, -0.25) is 4.68 Å². The van der Waals surface area contributed by atoms with E-state index in [2.05, 4.69) is 15.1 Å². The molecule has 0 amide bonds. The van der Waals surface area contributed by atoms with Gasteiger partial charge in [-0.2, -0.15) is 31.4 Å². The number of hydrogen-bond acceptors (Lipinski definition) is 3. The third-order valence-electron chi connectivity index (χ3n) is 5.33. The summed E-state index contributed by atoms with van der Waals surface area (Å²) >= 11 is 0. The average molecular weight is 500 g/mol. The van der Waals surface area contributed by atoms with Gasteiger partial charge in [-0.1, -0.05) is 12.1 Å². The molecule has 35 heavy (non-hydrogen) atoms. The number of aryl methyl sites for hydroxylation is 2. The Hall–Kier alpha value is -3.57. The first-order chi connectivity index (χ1) is 16.4. The molecule has 4 rings (SSSR count). The molecule has 0 saturated carbocycles. The summed E-state index contributed by atoms with van der Waals surface area (Å²) in [5.74, 6) is -2.13. The van der Waals surface area contributed by atoms with Crippen molar-refractivity contribution < 1.29 is 35.1 Å². The summed E-state index contributed by atoms with van der Waals surface area (Å²) in [6.07, 6.45) is -6.33. The van der Waals surface area contributed by atoms with E-state index in [1.54, 1.807) is 0 Å². The summed E-state index contributed by atoms with van der Waals surface area (Å²) in [7, 11) is 0. The van der Waals surface area contributed by atoms with Gasteiger partial charge in [0.05, 0.1) is 29.1 Å². The lowest BCUT2D eigenvalue weighted by Crippen LogP contribution is -2.13. The van der Waals surface area contributed by atoms with Crippen LogP contribution < -0.4 is 0 Å². The maximum absolute atomic E-state index is 14.0. The maximum Gasteiger partial charge on any atom is 0.416 e. The highest BCUT2D eigenvalue weighted by Crippen LogP contribution is 2.37. The Morgan fingerprint density at radius 1 is 0.829 bits per heavy atom. The summed E-state index contributed by atoms with van der Waals surface area (Å²) in [6, 6.07) is 5.27. The minimum Gasteiger partial charge on any atom is -0.270 e. The van der Waals surface area contributed by atoms with Gasteiger partial charge in [0, 0.05) is 6.54 Å². The zero-order valence-electron chi connectivity index (χ0n) is 17.8. The second kappa shape index (κ2) is 9.23. The van der Waals surface area contributed by atoms with E-state index in [0.29, 0.717) is 23.9 Å². The highest BCUT2D eigenvalue weighted by Gasteiger charge is 2.37. The van der Waals surface area contributed by atoms with Crippen LogP contribution in [0, 0.1) is 11.6 Å². The van der Waals surface area contributed by atoms with Crippen molar-refractivity contribution >= 4 is 0 Å². The van der Waals surface area contributed by atoms with Crippen molar-refractivity contribution in [2.24, 2.45) is 0 Å². The standard InChI is InChI=1S/C23H16F8N4/c24-17-6-3-5-15(20(17)25)21-33-18-11-32-35(12-19(18)34-21)9-2-1-4-13-7-8-14(22(26,27)28)10-16(13)23(29,30)31/h3,5-8,10-12H,1-2,4,9H2. The van der Waals surface area contributed by atoms with Gasteiger partial charge in [0.1, 0.15) is 11.4 Å². The molecule has 2 aromatic rings. The third kappa shape index (κ3) is 5.41. The Kier molecular flexibility index (Phi) is 6.48. The molecular formula is C23H16F8N4. The molecule has 0 aliphatic carbocycles. The fourth-order valence-electron chi connectivity index (χ4n) is 3.60. The summed E-state index contributed by atoms with van der Waals surface area (Å²) in [5, 5.41) is 4.14. The maximum atomic E-state index is 14.0. The Morgan fingerprint density at radius 3 is 2.29 bits per heavy atom. The molecule has 0 unspecified atom stereocenters. The number of fused-ring (bicyclic) bond motifs is 1. The molecule has 4 nitrogen and oxygen atoms in total. The monoisotopic (exact) mass is 500 g/mol. The largest absolute Gasteiger partial charge is 0.416 e. The van der Waals surface area contributed by atoms with Crippen LogP contribution in [0.15, 0.2) is 48.8 Å². The summed E-state index contributed by atoms with van der Waals surface area (Å²) < 4.78 is 107. The van der Waals surface area contributed by atoms with Crippen molar-refractivity contribution in [2.75, 3.05) is 0 Å². The molecule has 2 aromatic carbocycles. The number of unbranched alkanes of at least 4 members (excludes halogenated alkanes) is 1. The lowest BCUT2D eigenvalue weighted by Gasteiger charge is -2.16. The third-order valence-corrected chi connectivity index (χ3v) is 5.33. The minimum absolute atomic E-state index is 0.0152. The minimum atomic E-state index is -4.91. The molecule has 0 aromatic heterocycles. The lowest BCUT2D eigenvalue weighted by atomic mass is 9.98. The van der Waals surface area contributed by atoms with Gasteiger partial charge < -0.3 is 0 Å². The zero-order chi connectivity index (χ0) is 25.4. The molecule has 184 valence electrons. The molecule has 2 aliphatic rings. The first kappa shape index (κ1) is 24.6. The number of nitrogens with zero attached hydrogens (tertiary/aromatic N) is 4. The summed E-state index contributed by atoms with van der Waals surface area (Å²) in [5.41, 5.74) is -2.27. The molecule has 0 fully saturated rings. The van der Waals surface area contributed by atoms with Gasteiger partial charge in [0.15, 0.2) is 17.5 Å². The number of benzene rings is 2. The zero-order valence-corrected chi connectivity index (χ0v) is 17.8. The molecule has 2 aliphatic heterocycles. The van der Waals surface area contributed by atoms with Crippen LogP contribution in [0.5, 0.6) is 0 Å². The molecule has 0 spiro atoms. The van der Waals surface area contributed by atoms with Crippen LogP contribution in [0.1, 0.15) is 29.5 Å². The van der Waals surface area contributed by atoms with E-state index in [-0.39, 0.29) is 42.4 Å². The van der Waals surface area contributed by atoms with Crippen molar-refractivity contribution in [3.05, 3.63) is 77.1 Å². The second-order valence-electron chi connectivity index (χ2n) is 7.78. The molecule has 0 atom stereocenters. The molecule has 0 N–H and O–H groups in total. The van der Waals surface area contributed by atoms with Gasteiger partial charge in [-0.25, -0.2) is 18.7 Å². The van der Waals surface area contributed by atoms with E-state index in [9.17, 15) is 35.1 Å². The van der Waals surface area contributed by atoms with Crippen LogP contribution in [-0.2, 0) is 25.3 Å². The Bertz CT molecular complexity index is 1310. The molecule has 0 saturated heterocycles. The van der Waals surface area contributed by atoms with Crippen LogP contribution >= 0.6 is 0 Å². The fourth-order valence-corrected chi connectivity index (χ4v) is 3.60. The van der Waals surface area contributed by atoms with Gasteiger partial charge in [-0.05, 0) is 49.1 Å². The summed E-state index contributed by atoms with van der Waals surface area (Å²) in [6.45, 7) is 0.286. The van der Waals surface area contributed by atoms with E-state index >= 15 is 0 Å². The summed E-state index contributed by atoms with van der Waals surface area (Å²) in [4.78, 5) is 8.33. The number of aromatic nitrogens is 4. The normalized spacial score (nSPS) is 12.5. The number of imidazole rings is 1. The predicted molar refractivity (Wildman–Crippen MR) is 109 cm³/mol. The highest BCUT2D eigenvalue weighted by molar-refractivity contribution is 5.65. The Balaban J connectivity index is 1.44. The molecule has 2 heterocycles. The quantitative estimate of drug-likeness (QED) is 0.217. The van der Waals surface area contributed by atoms with Crippen LogP contribution in [0.4, 0.5) is 35.1 Å². The number of halogens is 8.